The number of nitro groups is 1. The van der Waals surface area contributed by atoms with Gasteiger partial charge in [-0.05, 0) is 42.5 Å². The van der Waals surface area contributed by atoms with Gasteiger partial charge in [-0.15, -0.1) is 0 Å². The van der Waals surface area contributed by atoms with E-state index in [4.69, 9.17) is 0 Å². The summed E-state index contributed by atoms with van der Waals surface area (Å²) < 4.78 is 0.845. The molecule has 10 heteroatoms. The van der Waals surface area contributed by atoms with Crippen molar-refractivity contribution in [1.29, 1.82) is 0 Å². The lowest BCUT2D eigenvalue weighted by Crippen LogP contribution is -2.52. The van der Waals surface area contributed by atoms with E-state index in [1.54, 1.807) is 48.5 Å². The standard InChI is InChI=1S/C23H17BrN4O5/c24-15-8-10-16(11-9-15)25-21(29)13-20-22(30)26-18-6-1-2-7-19(18)27(20)23(31)14-4-3-5-17(12-14)28(32)33/h1-12,20H,13H2,(H,25,29)(H,26,30)/t20-/m0/s1. The van der Waals surface area contributed by atoms with Gasteiger partial charge >= 0.3 is 0 Å². The van der Waals surface area contributed by atoms with E-state index >= 15 is 0 Å². The number of halogens is 1. The first-order valence-electron chi connectivity index (χ1n) is 9.87. The first kappa shape index (κ1) is 22.2. The minimum Gasteiger partial charge on any atom is -0.326 e. The molecule has 0 bridgehead atoms. The molecule has 33 heavy (non-hydrogen) atoms. The van der Waals surface area contributed by atoms with Crippen LogP contribution < -0.4 is 15.5 Å². The molecule has 1 aliphatic rings. The van der Waals surface area contributed by atoms with E-state index in [-0.39, 0.29) is 17.7 Å². The van der Waals surface area contributed by atoms with Crippen LogP contribution >= 0.6 is 15.9 Å². The van der Waals surface area contributed by atoms with E-state index in [0.29, 0.717) is 17.1 Å². The van der Waals surface area contributed by atoms with Crippen LogP contribution in [0.5, 0.6) is 0 Å². The van der Waals surface area contributed by atoms with Crippen LogP contribution in [0.25, 0.3) is 0 Å². The number of amides is 3. The second-order valence-electron chi connectivity index (χ2n) is 7.26. The maximum Gasteiger partial charge on any atom is 0.270 e. The minimum atomic E-state index is -1.15. The van der Waals surface area contributed by atoms with Gasteiger partial charge in [-0.2, -0.15) is 0 Å². The maximum absolute atomic E-state index is 13.5. The summed E-state index contributed by atoms with van der Waals surface area (Å²) in [6.07, 6.45) is -0.309. The average molecular weight is 509 g/mol. The molecule has 0 spiro atoms. The van der Waals surface area contributed by atoms with Crippen molar-refractivity contribution in [2.24, 2.45) is 0 Å². The molecule has 0 aliphatic carbocycles. The molecular formula is C23H17BrN4O5. The van der Waals surface area contributed by atoms with E-state index in [1.807, 2.05) is 0 Å². The zero-order chi connectivity index (χ0) is 23.5. The van der Waals surface area contributed by atoms with Crippen molar-refractivity contribution in [2.75, 3.05) is 15.5 Å². The Morgan fingerprint density at radius 2 is 1.79 bits per heavy atom. The number of carbonyl (C=O) groups is 3. The third-order valence-corrected chi connectivity index (χ3v) is 5.59. The van der Waals surface area contributed by atoms with Crippen LogP contribution in [-0.4, -0.2) is 28.7 Å². The van der Waals surface area contributed by atoms with Gasteiger partial charge in [0.15, 0.2) is 0 Å². The molecule has 4 rings (SSSR count). The number of non-ortho nitro benzene ring substituents is 1. The maximum atomic E-state index is 13.5. The monoisotopic (exact) mass is 508 g/mol. The lowest BCUT2D eigenvalue weighted by Gasteiger charge is -2.36. The zero-order valence-electron chi connectivity index (χ0n) is 17.0. The summed E-state index contributed by atoms with van der Waals surface area (Å²) in [4.78, 5) is 50.9. The SMILES string of the molecule is O=C(C[C@H]1C(=O)Nc2ccccc2N1C(=O)c1cccc([N+](=O)[O-])c1)Nc1ccc(Br)cc1. The molecule has 2 N–H and O–H groups in total. The molecule has 1 heterocycles. The van der Waals surface area contributed by atoms with Gasteiger partial charge in [0.05, 0.1) is 22.7 Å². The summed E-state index contributed by atoms with van der Waals surface area (Å²) >= 11 is 3.32. The number of rotatable bonds is 5. The van der Waals surface area contributed by atoms with Gasteiger partial charge in [0.1, 0.15) is 6.04 Å². The molecule has 1 atom stereocenters. The Balaban J connectivity index is 1.67. The molecule has 9 nitrogen and oxygen atoms in total. The van der Waals surface area contributed by atoms with Crippen molar-refractivity contribution in [3.63, 3.8) is 0 Å². The Bertz CT molecular complexity index is 1260. The molecule has 1 aliphatic heterocycles. The van der Waals surface area contributed by atoms with Gasteiger partial charge in [-0.3, -0.25) is 29.4 Å². The highest BCUT2D eigenvalue weighted by Crippen LogP contribution is 2.34. The first-order chi connectivity index (χ1) is 15.8. The van der Waals surface area contributed by atoms with Gasteiger partial charge in [-0.1, -0.05) is 34.1 Å². The zero-order valence-corrected chi connectivity index (χ0v) is 18.6. The third kappa shape index (κ3) is 4.75. The second kappa shape index (κ2) is 9.21. The van der Waals surface area contributed by atoms with Crippen molar-refractivity contribution < 1.29 is 19.3 Å². The molecule has 0 radical (unpaired) electrons. The van der Waals surface area contributed by atoms with Crippen LogP contribution in [0.1, 0.15) is 16.8 Å². The fourth-order valence-electron chi connectivity index (χ4n) is 3.54. The number of para-hydroxylation sites is 2. The largest absolute Gasteiger partial charge is 0.326 e. The Morgan fingerprint density at radius 1 is 1.06 bits per heavy atom. The highest BCUT2D eigenvalue weighted by molar-refractivity contribution is 9.10. The van der Waals surface area contributed by atoms with E-state index in [9.17, 15) is 24.5 Å². The van der Waals surface area contributed by atoms with Crippen LogP contribution in [0.2, 0.25) is 0 Å². The minimum absolute atomic E-state index is 0.0343. The van der Waals surface area contributed by atoms with Gasteiger partial charge in [0.25, 0.3) is 11.6 Å². The number of fused-ring (bicyclic) bond motifs is 1. The highest BCUT2D eigenvalue weighted by Gasteiger charge is 2.38. The Morgan fingerprint density at radius 3 is 2.52 bits per heavy atom. The topological polar surface area (TPSA) is 122 Å². The van der Waals surface area contributed by atoms with Crippen LogP contribution in [0.3, 0.4) is 0 Å². The fourth-order valence-corrected chi connectivity index (χ4v) is 3.80. The number of carbonyl (C=O) groups excluding carboxylic acids is 3. The van der Waals surface area contributed by atoms with E-state index in [0.717, 1.165) is 10.5 Å². The number of benzene rings is 3. The van der Waals surface area contributed by atoms with Crippen molar-refractivity contribution in [1.82, 2.24) is 0 Å². The molecule has 0 aromatic heterocycles. The van der Waals surface area contributed by atoms with Crippen LogP contribution in [0, 0.1) is 10.1 Å². The van der Waals surface area contributed by atoms with Gasteiger partial charge in [0.2, 0.25) is 11.8 Å². The molecule has 0 unspecified atom stereocenters. The Kier molecular flexibility index (Phi) is 6.18. The molecular weight excluding hydrogens is 492 g/mol. The number of nitrogens with zero attached hydrogens (tertiary/aromatic N) is 2. The number of hydrogen-bond acceptors (Lipinski definition) is 5. The fraction of sp³-hybridized carbons (Fsp3) is 0.0870. The summed E-state index contributed by atoms with van der Waals surface area (Å²) in [5, 5.41) is 16.6. The molecule has 0 saturated carbocycles. The van der Waals surface area contributed by atoms with Gasteiger partial charge < -0.3 is 10.6 Å². The molecule has 3 amide bonds. The van der Waals surface area contributed by atoms with Gasteiger partial charge in [-0.25, -0.2) is 0 Å². The lowest BCUT2D eigenvalue weighted by molar-refractivity contribution is -0.384. The summed E-state index contributed by atoms with van der Waals surface area (Å²) in [6.45, 7) is 0. The predicted molar refractivity (Wildman–Crippen MR) is 126 cm³/mol. The molecule has 166 valence electrons. The third-order valence-electron chi connectivity index (χ3n) is 5.07. The smallest absolute Gasteiger partial charge is 0.270 e. The summed E-state index contributed by atoms with van der Waals surface area (Å²) in [7, 11) is 0. The molecule has 3 aromatic carbocycles. The van der Waals surface area contributed by atoms with Crippen LogP contribution in [0.15, 0.2) is 77.3 Å². The molecule has 0 fully saturated rings. The Hall–Kier alpha value is -4.05. The van der Waals surface area contributed by atoms with Gasteiger partial charge in [0, 0.05) is 27.9 Å². The predicted octanol–water partition coefficient (Wildman–Crippen LogP) is 4.35. The van der Waals surface area contributed by atoms with E-state index in [2.05, 4.69) is 26.6 Å². The number of nitrogens with one attached hydrogen (secondary N) is 2. The van der Waals surface area contributed by atoms with Crippen molar-refractivity contribution in [3.8, 4) is 0 Å². The quantitative estimate of drug-likeness (QED) is 0.391. The summed E-state index contributed by atoms with van der Waals surface area (Å²) in [6, 6.07) is 17.7. The first-order valence-corrected chi connectivity index (χ1v) is 10.7. The highest BCUT2D eigenvalue weighted by atomic mass is 79.9. The van der Waals surface area contributed by atoms with Crippen LogP contribution in [-0.2, 0) is 9.59 Å². The molecule has 3 aromatic rings. The number of nitro benzene ring substituents is 1. The Labute approximate surface area is 196 Å². The lowest BCUT2D eigenvalue weighted by atomic mass is 10.0. The number of hydrogen-bond donors (Lipinski definition) is 2. The number of anilines is 3. The van der Waals surface area contributed by atoms with Crippen molar-refractivity contribution in [3.05, 3.63) is 92.9 Å². The average Bonchev–Trinajstić information content (AvgIpc) is 2.80. The summed E-state index contributed by atoms with van der Waals surface area (Å²) in [5.74, 6) is -1.62. The van der Waals surface area contributed by atoms with Crippen LogP contribution in [0.4, 0.5) is 22.7 Å². The normalized spacial score (nSPS) is 14.8. The van der Waals surface area contributed by atoms with Crippen molar-refractivity contribution in [2.45, 2.75) is 12.5 Å². The molecule has 0 saturated heterocycles. The van der Waals surface area contributed by atoms with E-state index < -0.39 is 28.7 Å². The van der Waals surface area contributed by atoms with Crippen molar-refractivity contribution >= 4 is 56.4 Å². The van der Waals surface area contributed by atoms with E-state index in [1.165, 1.54) is 23.1 Å². The summed E-state index contributed by atoms with van der Waals surface area (Å²) in [5.41, 5.74) is 1.13. The second-order valence-corrected chi connectivity index (χ2v) is 8.18.